The third-order valence-corrected chi connectivity index (χ3v) is 4.95. The third kappa shape index (κ3) is 4.25. The molecule has 0 radical (unpaired) electrons. The van der Waals surface area contributed by atoms with Crippen LogP contribution in [-0.4, -0.2) is 14.3 Å². The summed E-state index contributed by atoms with van der Waals surface area (Å²) in [5.41, 5.74) is 1.18. The van der Waals surface area contributed by atoms with Gasteiger partial charge in [0.05, 0.1) is 4.90 Å². The van der Waals surface area contributed by atoms with E-state index in [2.05, 4.69) is 10.0 Å². The highest BCUT2D eigenvalue weighted by atomic mass is 32.2. The van der Waals surface area contributed by atoms with Crippen molar-refractivity contribution in [2.24, 2.45) is 0 Å². The largest absolute Gasteiger partial charge is 0.322 e. The van der Waals surface area contributed by atoms with Gasteiger partial charge < -0.3 is 5.32 Å². The first-order chi connectivity index (χ1) is 12.4. The van der Waals surface area contributed by atoms with Gasteiger partial charge >= 0.3 is 0 Å². The number of sulfonamides is 1. The van der Waals surface area contributed by atoms with Crippen LogP contribution in [0.25, 0.3) is 0 Å². The lowest BCUT2D eigenvalue weighted by Gasteiger charge is -2.09. The number of carbonyl (C=O) groups excluding carboxylic acids is 1. The second-order valence-electron chi connectivity index (χ2n) is 5.46. The first kappa shape index (κ1) is 17.6. The van der Waals surface area contributed by atoms with Gasteiger partial charge in [-0.1, -0.05) is 18.2 Å². The van der Waals surface area contributed by atoms with Gasteiger partial charge in [-0.25, -0.2) is 12.8 Å². The van der Waals surface area contributed by atoms with Gasteiger partial charge in [0.2, 0.25) is 0 Å². The predicted octanol–water partition coefficient (Wildman–Crippen LogP) is 3.88. The first-order valence-corrected chi connectivity index (χ1v) is 9.17. The molecule has 1 amide bonds. The number of carbonyl (C=O) groups is 1. The van der Waals surface area contributed by atoms with Crippen molar-refractivity contribution in [3.05, 3.63) is 90.2 Å². The number of hydrogen-bond acceptors (Lipinski definition) is 3. The highest BCUT2D eigenvalue weighted by Gasteiger charge is 2.15. The second kappa shape index (κ2) is 7.37. The minimum absolute atomic E-state index is 0.0414. The molecule has 2 N–H and O–H groups in total. The summed E-state index contributed by atoms with van der Waals surface area (Å²) in [6.45, 7) is 0. The second-order valence-corrected chi connectivity index (χ2v) is 7.14. The average Bonchev–Trinajstić information content (AvgIpc) is 2.64. The van der Waals surface area contributed by atoms with E-state index in [9.17, 15) is 17.6 Å². The first-order valence-electron chi connectivity index (χ1n) is 7.69. The topological polar surface area (TPSA) is 75.3 Å². The molecule has 0 aliphatic rings. The van der Waals surface area contributed by atoms with E-state index in [0.717, 1.165) is 0 Å². The number of hydrogen-bond donors (Lipinski definition) is 2. The van der Waals surface area contributed by atoms with E-state index in [1.807, 2.05) is 0 Å². The molecule has 7 heteroatoms. The summed E-state index contributed by atoms with van der Waals surface area (Å²) in [6.07, 6.45) is 0. The summed E-state index contributed by atoms with van der Waals surface area (Å²) >= 11 is 0. The fraction of sp³-hybridized carbons (Fsp3) is 0. The Balaban J connectivity index is 1.73. The molecule has 3 rings (SSSR count). The summed E-state index contributed by atoms with van der Waals surface area (Å²) in [7, 11) is -3.74. The van der Waals surface area contributed by atoms with Gasteiger partial charge in [0.25, 0.3) is 15.9 Å². The molecule has 26 heavy (non-hydrogen) atoms. The number of para-hydroxylation sites is 1. The van der Waals surface area contributed by atoms with Crippen molar-refractivity contribution < 1.29 is 17.6 Å². The number of halogens is 1. The Hall–Kier alpha value is -3.19. The molecule has 0 aliphatic heterocycles. The Morgan fingerprint density at radius 2 is 1.38 bits per heavy atom. The smallest absolute Gasteiger partial charge is 0.261 e. The van der Waals surface area contributed by atoms with Gasteiger partial charge in [-0.05, 0) is 60.7 Å². The Morgan fingerprint density at radius 1 is 0.769 bits per heavy atom. The fourth-order valence-corrected chi connectivity index (χ4v) is 3.30. The van der Waals surface area contributed by atoms with E-state index in [1.165, 1.54) is 48.5 Å². The van der Waals surface area contributed by atoms with Crippen molar-refractivity contribution in [3.63, 3.8) is 0 Å². The van der Waals surface area contributed by atoms with Crippen molar-refractivity contribution in [1.82, 2.24) is 0 Å². The molecule has 0 bridgehead atoms. The molecule has 132 valence electrons. The number of anilines is 2. The van der Waals surface area contributed by atoms with Crippen LogP contribution in [0.15, 0.2) is 83.8 Å². The number of benzene rings is 3. The van der Waals surface area contributed by atoms with Crippen LogP contribution in [0.2, 0.25) is 0 Å². The molecule has 0 spiro atoms. The van der Waals surface area contributed by atoms with Crippen molar-refractivity contribution >= 4 is 27.3 Å². The molecular weight excluding hydrogens is 355 g/mol. The standard InChI is InChI=1S/C19H15FN2O3S/c20-15-8-10-16(11-9-15)21-19(23)14-6-12-18(13-7-14)26(24,25)22-17-4-2-1-3-5-17/h1-13,22H,(H,21,23). The molecule has 3 aromatic rings. The van der Waals surface area contributed by atoms with Crippen LogP contribution in [0.4, 0.5) is 15.8 Å². The Kier molecular flexibility index (Phi) is 4.99. The molecule has 0 unspecified atom stereocenters. The zero-order valence-electron chi connectivity index (χ0n) is 13.5. The maximum absolute atomic E-state index is 12.9. The molecule has 3 aromatic carbocycles. The van der Waals surface area contributed by atoms with E-state index >= 15 is 0 Å². The third-order valence-electron chi connectivity index (χ3n) is 3.55. The number of rotatable bonds is 5. The van der Waals surface area contributed by atoms with Crippen LogP contribution >= 0.6 is 0 Å². The summed E-state index contributed by atoms with van der Waals surface area (Å²) in [4.78, 5) is 12.2. The Labute approximate surface area is 150 Å². The van der Waals surface area contributed by atoms with Gasteiger partial charge in [-0.2, -0.15) is 0 Å². The van der Waals surface area contributed by atoms with E-state index in [4.69, 9.17) is 0 Å². The number of nitrogens with one attached hydrogen (secondary N) is 2. The quantitative estimate of drug-likeness (QED) is 0.716. The van der Waals surface area contributed by atoms with Crippen LogP contribution in [0.5, 0.6) is 0 Å². The molecule has 0 atom stereocenters. The molecule has 5 nitrogen and oxygen atoms in total. The van der Waals surface area contributed by atoms with Crippen molar-refractivity contribution in [2.75, 3.05) is 10.0 Å². The molecular formula is C19H15FN2O3S. The van der Waals surface area contributed by atoms with Gasteiger partial charge in [-0.3, -0.25) is 9.52 Å². The van der Waals surface area contributed by atoms with Crippen LogP contribution in [0, 0.1) is 5.82 Å². The van der Waals surface area contributed by atoms with E-state index in [0.29, 0.717) is 11.4 Å². The average molecular weight is 370 g/mol. The van der Waals surface area contributed by atoms with E-state index in [-0.39, 0.29) is 10.5 Å². The monoisotopic (exact) mass is 370 g/mol. The van der Waals surface area contributed by atoms with E-state index < -0.39 is 21.7 Å². The maximum atomic E-state index is 12.9. The van der Waals surface area contributed by atoms with E-state index in [1.54, 1.807) is 30.3 Å². The molecule has 0 saturated heterocycles. The Morgan fingerprint density at radius 3 is 2.00 bits per heavy atom. The summed E-state index contributed by atoms with van der Waals surface area (Å²) in [6, 6.07) is 19.4. The lowest BCUT2D eigenvalue weighted by molar-refractivity contribution is 0.102. The molecule has 0 heterocycles. The maximum Gasteiger partial charge on any atom is 0.261 e. The van der Waals surface area contributed by atoms with Crippen LogP contribution < -0.4 is 10.0 Å². The van der Waals surface area contributed by atoms with Crippen LogP contribution in [-0.2, 0) is 10.0 Å². The van der Waals surface area contributed by atoms with Gasteiger partial charge in [0, 0.05) is 16.9 Å². The minimum Gasteiger partial charge on any atom is -0.322 e. The van der Waals surface area contributed by atoms with Crippen molar-refractivity contribution in [3.8, 4) is 0 Å². The summed E-state index contributed by atoms with van der Waals surface area (Å²) in [5.74, 6) is -0.819. The lowest BCUT2D eigenvalue weighted by Crippen LogP contribution is -2.14. The van der Waals surface area contributed by atoms with Crippen molar-refractivity contribution in [2.45, 2.75) is 4.90 Å². The van der Waals surface area contributed by atoms with Crippen LogP contribution in [0.1, 0.15) is 10.4 Å². The molecule has 0 aliphatic carbocycles. The highest BCUT2D eigenvalue weighted by Crippen LogP contribution is 2.17. The normalized spacial score (nSPS) is 11.0. The van der Waals surface area contributed by atoms with Gasteiger partial charge in [-0.15, -0.1) is 0 Å². The van der Waals surface area contributed by atoms with Gasteiger partial charge in [0.1, 0.15) is 5.82 Å². The van der Waals surface area contributed by atoms with Gasteiger partial charge in [0.15, 0.2) is 0 Å². The predicted molar refractivity (Wildman–Crippen MR) is 98.0 cm³/mol. The molecule has 0 saturated carbocycles. The molecule has 0 aromatic heterocycles. The molecule has 0 fully saturated rings. The summed E-state index contributed by atoms with van der Waals surface area (Å²) < 4.78 is 40.1. The zero-order chi connectivity index (χ0) is 18.6. The highest BCUT2D eigenvalue weighted by molar-refractivity contribution is 7.92. The summed E-state index contributed by atoms with van der Waals surface area (Å²) in [5, 5.41) is 2.61. The van der Waals surface area contributed by atoms with Crippen molar-refractivity contribution in [1.29, 1.82) is 0 Å². The zero-order valence-corrected chi connectivity index (χ0v) is 14.3. The SMILES string of the molecule is O=C(Nc1ccc(F)cc1)c1ccc(S(=O)(=O)Nc2ccccc2)cc1. The number of amides is 1. The Bertz CT molecular complexity index is 1000. The fourth-order valence-electron chi connectivity index (χ4n) is 2.24. The lowest BCUT2D eigenvalue weighted by atomic mass is 10.2. The minimum atomic E-state index is -3.74. The van der Waals surface area contributed by atoms with Crippen LogP contribution in [0.3, 0.4) is 0 Å².